The number of anilines is 1. The van der Waals surface area contributed by atoms with Gasteiger partial charge in [-0.15, -0.1) is 11.6 Å². The second-order valence-corrected chi connectivity index (χ2v) is 8.93. The summed E-state index contributed by atoms with van der Waals surface area (Å²) in [5.41, 5.74) is 1.97. The first-order valence-electron chi connectivity index (χ1n) is 6.00. The predicted octanol–water partition coefficient (Wildman–Crippen LogP) is 2.94. The van der Waals surface area contributed by atoms with Gasteiger partial charge in [-0.25, -0.2) is 8.42 Å². The molecule has 20 heavy (non-hydrogen) atoms. The van der Waals surface area contributed by atoms with Crippen molar-refractivity contribution >= 4 is 44.6 Å². The highest BCUT2D eigenvalue weighted by molar-refractivity contribution is 7.92. The number of hydrogen-bond acceptors (Lipinski definition) is 3. The summed E-state index contributed by atoms with van der Waals surface area (Å²) in [6.07, 6.45) is 1.40. The second kappa shape index (κ2) is 4.90. The molecule has 110 valence electrons. The maximum Gasteiger partial charge on any atom is 0.228 e. The number of carbonyl (C=O) groups excluding carboxylic acids is 1. The number of fused-ring (bicyclic) bond motifs is 1. The third-order valence-electron chi connectivity index (χ3n) is 3.69. The van der Waals surface area contributed by atoms with Crippen LogP contribution in [0.15, 0.2) is 12.1 Å². The minimum Gasteiger partial charge on any atom is -0.325 e. The van der Waals surface area contributed by atoms with E-state index in [-0.39, 0.29) is 12.3 Å². The van der Waals surface area contributed by atoms with Gasteiger partial charge in [-0.1, -0.05) is 17.7 Å². The molecule has 1 atom stereocenters. The number of rotatable bonds is 3. The molecule has 0 saturated carbocycles. The Labute approximate surface area is 128 Å². The van der Waals surface area contributed by atoms with Gasteiger partial charge in [0.25, 0.3) is 0 Å². The standard InChI is InChI=1S/C13H15Cl2NO3S/c1-13(2,20(3,18)19)12(15)8-4-7-5-11(17)16-10(7)6-9(8)14/h4,6,12H,5H2,1-3H3,(H,16,17). The monoisotopic (exact) mass is 335 g/mol. The first-order chi connectivity index (χ1) is 9.04. The fourth-order valence-corrected chi connectivity index (χ4v) is 3.52. The summed E-state index contributed by atoms with van der Waals surface area (Å²) in [6, 6.07) is 3.32. The molecule has 1 aliphatic heterocycles. The topological polar surface area (TPSA) is 63.2 Å². The highest BCUT2D eigenvalue weighted by Crippen LogP contribution is 2.42. The molecule has 0 bridgehead atoms. The fourth-order valence-electron chi connectivity index (χ4n) is 2.02. The van der Waals surface area contributed by atoms with Crippen LogP contribution in [0.25, 0.3) is 0 Å². The third-order valence-corrected chi connectivity index (χ3v) is 7.07. The van der Waals surface area contributed by atoms with Crippen LogP contribution in [0.3, 0.4) is 0 Å². The molecule has 1 heterocycles. The maximum absolute atomic E-state index is 11.9. The van der Waals surface area contributed by atoms with Crippen LogP contribution in [0, 0.1) is 0 Å². The lowest BCUT2D eigenvalue weighted by molar-refractivity contribution is -0.115. The molecule has 1 aliphatic rings. The zero-order valence-electron chi connectivity index (χ0n) is 11.3. The Balaban J connectivity index is 2.50. The van der Waals surface area contributed by atoms with Crippen molar-refractivity contribution in [1.82, 2.24) is 0 Å². The Hall–Kier alpha value is -0.780. The molecule has 0 aliphatic carbocycles. The number of carbonyl (C=O) groups is 1. The molecule has 0 radical (unpaired) electrons. The zero-order chi connectivity index (χ0) is 15.3. The van der Waals surface area contributed by atoms with Crippen LogP contribution < -0.4 is 5.32 Å². The third kappa shape index (κ3) is 2.54. The van der Waals surface area contributed by atoms with E-state index in [2.05, 4.69) is 5.32 Å². The Morgan fingerprint density at radius 2 is 1.95 bits per heavy atom. The van der Waals surface area contributed by atoms with Gasteiger partial charge in [0, 0.05) is 17.0 Å². The molecule has 4 nitrogen and oxygen atoms in total. The number of amides is 1. The van der Waals surface area contributed by atoms with Crippen LogP contribution >= 0.6 is 23.2 Å². The smallest absolute Gasteiger partial charge is 0.228 e. The van der Waals surface area contributed by atoms with Gasteiger partial charge in [0.2, 0.25) is 5.91 Å². The summed E-state index contributed by atoms with van der Waals surface area (Å²) >= 11 is 12.5. The molecule has 2 rings (SSSR count). The highest BCUT2D eigenvalue weighted by atomic mass is 35.5. The molecule has 0 saturated heterocycles. The summed E-state index contributed by atoms with van der Waals surface area (Å²) in [6.45, 7) is 3.12. The largest absolute Gasteiger partial charge is 0.325 e. The number of alkyl halides is 1. The number of halogens is 2. The Bertz CT molecular complexity index is 683. The van der Waals surface area contributed by atoms with Crippen molar-refractivity contribution < 1.29 is 13.2 Å². The second-order valence-electron chi connectivity index (χ2n) is 5.49. The van der Waals surface area contributed by atoms with E-state index in [4.69, 9.17) is 23.2 Å². The molecule has 0 spiro atoms. The molecule has 1 aromatic rings. The first-order valence-corrected chi connectivity index (χ1v) is 8.70. The van der Waals surface area contributed by atoms with Gasteiger partial charge >= 0.3 is 0 Å². The van der Waals surface area contributed by atoms with Crippen LogP contribution in [0.4, 0.5) is 5.69 Å². The molecule has 0 aromatic heterocycles. The van der Waals surface area contributed by atoms with Crippen molar-refractivity contribution in [2.24, 2.45) is 0 Å². The van der Waals surface area contributed by atoms with Gasteiger partial charge in [0.15, 0.2) is 9.84 Å². The fraction of sp³-hybridized carbons (Fsp3) is 0.462. The van der Waals surface area contributed by atoms with Crippen LogP contribution in [0.2, 0.25) is 5.02 Å². The van der Waals surface area contributed by atoms with E-state index in [1.54, 1.807) is 26.0 Å². The molecule has 1 aromatic carbocycles. The number of sulfone groups is 1. The number of nitrogens with one attached hydrogen (secondary N) is 1. The van der Waals surface area contributed by atoms with Crippen molar-refractivity contribution in [3.05, 3.63) is 28.3 Å². The molecule has 7 heteroatoms. The molecule has 1 N–H and O–H groups in total. The summed E-state index contributed by atoms with van der Waals surface area (Å²) in [4.78, 5) is 11.4. The van der Waals surface area contributed by atoms with Gasteiger partial charge < -0.3 is 5.32 Å². The Morgan fingerprint density at radius 1 is 1.35 bits per heavy atom. The van der Waals surface area contributed by atoms with Crippen LogP contribution in [-0.2, 0) is 21.1 Å². The Kier molecular flexibility index (Phi) is 3.82. The predicted molar refractivity (Wildman–Crippen MR) is 81.3 cm³/mol. The van der Waals surface area contributed by atoms with E-state index in [1.807, 2.05) is 0 Å². The lowest BCUT2D eigenvalue weighted by Crippen LogP contribution is -2.35. The molecular weight excluding hydrogens is 321 g/mol. The quantitative estimate of drug-likeness (QED) is 0.863. The van der Waals surface area contributed by atoms with Crippen LogP contribution in [0.5, 0.6) is 0 Å². The van der Waals surface area contributed by atoms with Crippen molar-refractivity contribution in [2.45, 2.75) is 30.4 Å². The van der Waals surface area contributed by atoms with Gasteiger partial charge in [-0.2, -0.15) is 0 Å². The summed E-state index contributed by atoms with van der Waals surface area (Å²) < 4.78 is 22.6. The van der Waals surface area contributed by atoms with E-state index in [0.29, 0.717) is 16.3 Å². The average Bonchev–Trinajstić information content (AvgIpc) is 2.64. The lowest BCUT2D eigenvalue weighted by Gasteiger charge is -2.29. The minimum atomic E-state index is -3.36. The molecule has 1 unspecified atom stereocenters. The zero-order valence-corrected chi connectivity index (χ0v) is 13.7. The van der Waals surface area contributed by atoms with Gasteiger partial charge in [-0.05, 0) is 31.0 Å². The van der Waals surface area contributed by atoms with Crippen molar-refractivity contribution in [3.63, 3.8) is 0 Å². The molecular formula is C13H15Cl2NO3S. The van der Waals surface area contributed by atoms with E-state index >= 15 is 0 Å². The average molecular weight is 336 g/mol. The molecule has 1 amide bonds. The van der Waals surface area contributed by atoms with E-state index < -0.39 is 20.0 Å². The van der Waals surface area contributed by atoms with E-state index in [9.17, 15) is 13.2 Å². The van der Waals surface area contributed by atoms with Crippen molar-refractivity contribution in [2.75, 3.05) is 11.6 Å². The van der Waals surface area contributed by atoms with Crippen molar-refractivity contribution in [3.8, 4) is 0 Å². The van der Waals surface area contributed by atoms with Gasteiger partial charge in [-0.3, -0.25) is 4.79 Å². The molecule has 0 fully saturated rings. The number of hydrogen-bond donors (Lipinski definition) is 1. The van der Waals surface area contributed by atoms with Crippen LogP contribution in [0.1, 0.15) is 30.4 Å². The number of benzene rings is 1. The summed E-state index contributed by atoms with van der Waals surface area (Å²) in [7, 11) is -3.36. The van der Waals surface area contributed by atoms with Crippen molar-refractivity contribution in [1.29, 1.82) is 0 Å². The van der Waals surface area contributed by atoms with Gasteiger partial charge in [0.1, 0.15) is 0 Å². The summed E-state index contributed by atoms with van der Waals surface area (Å²) in [5.74, 6) is -0.110. The summed E-state index contributed by atoms with van der Waals surface area (Å²) in [5, 5.41) is 2.24. The lowest BCUT2D eigenvalue weighted by atomic mass is 9.98. The van der Waals surface area contributed by atoms with E-state index in [1.165, 1.54) is 0 Å². The van der Waals surface area contributed by atoms with Gasteiger partial charge in [0.05, 0.1) is 16.5 Å². The Morgan fingerprint density at radius 3 is 2.50 bits per heavy atom. The highest BCUT2D eigenvalue weighted by Gasteiger charge is 2.40. The normalized spacial score (nSPS) is 16.8. The maximum atomic E-state index is 11.9. The van der Waals surface area contributed by atoms with E-state index in [0.717, 1.165) is 11.8 Å². The first kappa shape index (κ1) is 15.6. The minimum absolute atomic E-state index is 0.110. The van der Waals surface area contributed by atoms with Crippen LogP contribution in [-0.4, -0.2) is 25.3 Å². The SMILES string of the molecule is CC(C)(C(Cl)c1cc2c(cc1Cl)NC(=O)C2)S(C)(=O)=O.